The van der Waals surface area contributed by atoms with E-state index in [0.717, 1.165) is 0 Å². The van der Waals surface area contributed by atoms with Crippen molar-refractivity contribution in [2.75, 3.05) is 5.32 Å². The van der Waals surface area contributed by atoms with Crippen LogP contribution in [0.25, 0.3) is 0 Å². The van der Waals surface area contributed by atoms with E-state index < -0.39 is 5.97 Å². The molecular weight excluding hydrogens is 258 g/mol. The Morgan fingerprint density at radius 1 is 1.33 bits per heavy atom. The zero-order valence-corrected chi connectivity index (χ0v) is 9.72. The van der Waals surface area contributed by atoms with Crippen molar-refractivity contribution < 1.29 is 15.0 Å². The highest BCUT2D eigenvalue weighted by atomic mass is 35.5. The number of hydrogen-bond donors (Lipinski definition) is 3. The lowest BCUT2D eigenvalue weighted by molar-refractivity contribution is 0.0694. The summed E-state index contributed by atoms with van der Waals surface area (Å²) in [6.07, 6.45) is 1.47. The minimum Gasteiger partial charge on any atom is -0.507 e. The maximum absolute atomic E-state index is 10.8. The van der Waals surface area contributed by atoms with E-state index in [2.05, 4.69) is 15.3 Å². The van der Waals surface area contributed by atoms with E-state index in [4.69, 9.17) is 16.7 Å². The molecule has 18 heavy (non-hydrogen) atoms. The van der Waals surface area contributed by atoms with Crippen molar-refractivity contribution in [2.24, 2.45) is 0 Å². The van der Waals surface area contributed by atoms with Crippen LogP contribution in [0.1, 0.15) is 10.4 Å². The average molecular weight is 266 g/mol. The van der Waals surface area contributed by atoms with Crippen LogP contribution < -0.4 is 5.32 Å². The zero-order chi connectivity index (χ0) is 13.1. The Kier molecular flexibility index (Phi) is 3.29. The minimum atomic E-state index is -1.21. The first-order valence-electron chi connectivity index (χ1n) is 4.88. The normalized spacial score (nSPS) is 10.1. The van der Waals surface area contributed by atoms with Gasteiger partial charge in [0.05, 0.1) is 0 Å². The number of carboxylic acids is 1. The summed E-state index contributed by atoms with van der Waals surface area (Å²) < 4.78 is 0. The molecule has 0 bridgehead atoms. The summed E-state index contributed by atoms with van der Waals surface area (Å²) in [7, 11) is 0. The van der Waals surface area contributed by atoms with Gasteiger partial charge in [0.2, 0.25) is 5.28 Å². The van der Waals surface area contributed by atoms with Crippen molar-refractivity contribution >= 4 is 29.1 Å². The smallest absolute Gasteiger partial charge is 0.339 e. The number of anilines is 2. The molecule has 1 aromatic carbocycles. The first kappa shape index (κ1) is 12.1. The van der Waals surface area contributed by atoms with Crippen molar-refractivity contribution in [3.8, 4) is 5.75 Å². The lowest BCUT2D eigenvalue weighted by Crippen LogP contribution is -2.00. The fourth-order valence-corrected chi connectivity index (χ4v) is 1.48. The molecule has 1 aromatic heterocycles. The summed E-state index contributed by atoms with van der Waals surface area (Å²) in [4.78, 5) is 18.5. The molecule has 0 saturated carbocycles. The first-order valence-corrected chi connectivity index (χ1v) is 5.26. The van der Waals surface area contributed by atoms with Crippen LogP contribution in [0.3, 0.4) is 0 Å². The van der Waals surface area contributed by atoms with E-state index in [1.165, 1.54) is 24.4 Å². The van der Waals surface area contributed by atoms with E-state index in [-0.39, 0.29) is 16.6 Å². The van der Waals surface area contributed by atoms with Gasteiger partial charge in [0.1, 0.15) is 17.1 Å². The molecule has 0 atom stereocenters. The number of aromatic carboxylic acids is 1. The summed E-state index contributed by atoms with van der Waals surface area (Å²) in [6.45, 7) is 0. The predicted molar refractivity (Wildman–Crippen MR) is 65.4 cm³/mol. The number of carboxylic acid groups (broad SMARTS) is 1. The molecule has 6 nitrogen and oxygen atoms in total. The quantitative estimate of drug-likeness (QED) is 0.582. The average Bonchev–Trinajstić information content (AvgIpc) is 2.31. The van der Waals surface area contributed by atoms with Gasteiger partial charge in [0.15, 0.2) is 0 Å². The van der Waals surface area contributed by atoms with Crippen LogP contribution >= 0.6 is 11.6 Å². The fraction of sp³-hybridized carbons (Fsp3) is 0. The lowest BCUT2D eigenvalue weighted by atomic mass is 10.2. The van der Waals surface area contributed by atoms with Gasteiger partial charge in [0, 0.05) is 11.9 Å². The van der Waals surface area contributed by atoms with Crippen LogP contribution in [0, 0.1) is 0 Å². The molecule has 3 N–H and O–H groups in total. The summed E-state index contributed by atoms with van der Waals surface area (Å²) in [6, 6.07) is 5.69. The molecule has 0 fully saturated rings. The Bertz CT molecular complexity index is 604. The summed E-state index contributed by atoms with van der Waals surface area (Å²) in [5.41, 5.74) is 0.278. The molecule has 2 rings (SSSR count). The fourth-order valence-electron chi connectivity index (χ4n) is 1.34. The van der Waals surface area contributed by atoms with Crippen LogP contribution in [0.2, 0.25) is 5.28 Å². The third-order valence-electron chi connectivity index (χ3n) is 2.13. The molecule has 0 aliphatic rings. The van der Waals surface area contributed by atoms with Crippen molar-refractivity contribution in [3.05, 3.63) is 41.3 Å². The van der Waals surface area contributed by atoms with E-state index in [9.17, 15) is 9.90 Å². The molecule has 0 unspecified atom stereocenters. The summed E-state index contributed by atoms with van der Waals surface area (Å²) in [5.74, 6) is -1.08. The van der Waals surface area contributed by atoms with Gasteiger partial charge in [-0.3, -0.25) is 0 Å². The Morgan fingerprint density at radius 3 is 2.78 bits per heavy atom. The number of nitrogens with zero attached hydrogens (tertiary/aromatic N) is 2. The van der Waals surface area contributed by atoms with Crippen molar-refractivity contribution in [1.82, 2.24) is 9.97 Å². The molecule has 92 valence electrons. The van der Waals surface area contributed by atoms with E-state index in [1.54, 1.807) is 6.07 Å². The van der Waals surface area contributed by atoms with Gasteiger partial charge < -0.3 is 15.5 Å². The molecular formula is C11H8ClN3O3. The van der Waals surface area contributed by atoms with Crippen LogP contribution in [0.4, 0.5) is 11.5 Å². The van der Waals surface area contributed by atoms with Crippen molar-refractivity contribution in [3.63, 3.8) is 0 Å². The monoisotopic (exact) mass is 265 g/mol. The molecule has 0 spiro atoms. The van der Waals surface area contributed by atoms with Crippen LogP contribution in [-0.4, -0.2) is 26.2 Å². The molecule has 0 aliphatic heterocycles. The second kappa shape index (κ2) is 4.89. The zero-order valence-electron chi connectivity index (χ0n) is 8.96. The Labute approximate surface area is 107 Å². The molecule has 0 radical (unpaired) electrons. The Hall–Kier alpha value is -2.34. The Morgan fingerprint density at radius 2 is 2.11 bits per heavy atom. The van der Waals surface area contributed by atoms with Gasteiger partial charge in [-0.2, -0.15) is 0 Å². The van der Waals surface area contributed by atoms with Crippen molar-refractivity contribution in [1.29, 1.82) is 0 Å². The summed E-state index contributed by atoms with van der Waals surface area (Å²) >= 11 is 5.62. The lowest BCUT2D eigenvalue weighted by Gasteiger charge is -2.07. The first-order chi connectivity index (χ1) is 8.56. The predicted octanol–water partition coefficient (Wildman–Crippen LogP) is 2.28. The highest BCUT2D eigenvalue weighted by Crippen LogP contribution is 2.23. The maximum Gasteiger partial charge on any atom is 0.339 e. The number of nitrogens with one attached hydrogen (secondary N) is 1. The molecule has 7 heteroatoms. The number of hydrogen-bond acceptors (Lipinski definition) is 5. The minimum absolute atomic E-state index is 0.0808. The van der Waals surface area contributed by atoms with Gasteiger partial charge >= 0.3 is 5.97 Å². The second-order valence-corrected chi connectivity index (χ2v) is 3.71. The largest absolute Gasteiger partial charge is 0.507 e. The number of phenols is 1. The number of benzene rings is 1. The van der Waals surface area contributed by atoms with Gasteiger partial charge in [0.25, 0.3) is 0 Å². The van der Waals surface area contributed by atoms with Crippen molar-refractivity contribution in [2.45, 2.75) is 0 Å². The number of aromatic nitrogens is 2. The van der Waals surface area contributed by atoms with Gasteiger partial charge in [-0.05, 0) is 35.9 Å². The highest BCUT2D eigenvalue weighted by Gasteiger charge is 2.10. The molecule has 2 aromatic rings. The van der Waals surface area contributed by atoms with Crippen LogP contribution in [0.15, 0.2) is 30.5 Å². The van der Waals surface area contributed by atoms with Crippen LogP contribution in [-0.2, 0) is 0 Å². The number of rotatable bonds is 3. The number of halogens is 1. The second-order valence-electron chi connectivity index (χ2n) is 3.37. The van der Waals surface area contributed by atoms with Gasteiger partial charge in [-0.15, -0.1) is 0 Å². The Balaban J connectivity index is 2.30. The van der Waals surface area contributed by atoms with E-state index in [1.807, 2.05) is 0 Å². The van der Waals surface area contributed by atoms with Gasteiger partial charge in [-0.25, -0.2) is 14.8 Å². The van der Waals surface area contributed by atoms with Crippen LogP contribution in [0.5, 0.6) is 5.75 Å². The van der Waals surface area contributed by atoms with E-state index >= 15 is 0 Å². The number of carbonyl (C=O) groups is 1. The maximum atomic E-state index is 10.8. The number of aromatic hydroxyl groups is 1. The van der Waals surface area contributed by atoms with E-state index in [0.29, 0.717) is 11.5 Å². The topological polar surface area (TPSA) is 95.3 Å². The molecule has 1 heterocycles. The third kappa shape index (κ3) is 2.67. The van der Waals surface area contributed by atoms with Gasteiger partial charge in [-0.1, -0.05) is 0 Å². The standard InChI is InChI=1S/C11H8ClN3O3/c12-11-13-4-3-9(15-11)14-6-1-2-8(16)7(5-6)10(17)18/h1-5,16H,(H,17,18)(H,13,14,15). The summed E-state index contributed by atoms with van der Waals surface area (Å²) in [5, 5.41) is 21.2. The highest BCUT2D eigenvalue weighted by molar-refractivity contribution is 6.28. The molecule has 0 amide bonds. The third-order valence-corrected chi connectivity index (χ3v) is 2.31. The molecule has 0 aliphatic carbocycles. The molecule has 0 saturated heterocycles. The SMILES string of the molecule is O=C(O)c1cc(Nc2ccnc(Cl)n2)ccc1O.